The highest BCUT2D eigenvalue weighted by molar-refractivity contribution is 6.78. The van der Waals surface area contributed by atoms with Crippen LogP contribution in [0.25, 0.3) is 0 Å². The van der Waals surface area contributed by atoms with E-state index in [2.05, 4.69) is 0 Å². The third-order valence-corrected chi connectivity index (χ3v) is 8.85. The lowest BCUT2D eigenvalue weighted by atomic mass is 10.2. The standard InChI is InChI=1S/C11H25FOSi/c1-10(2,3)14(12,9-7-8-13)11(4,5)6/h13H,7-9H2,1-6H3. The molecule has 86 valence electrons. The van der Waals surface area contributed by atoms with Crippen LogP contribution in [0.1, 0.15) is 48.0 Å². The molecule has 0 aliphatic heterocycles. The summed E-state index contributed by atoms with van der Waals surface area (Å²) in [6.07, 6.45) is 0.595. The quantitative estimate of drug-likeness (QED) is 0.565. The molecule has 1 N–H and O–H groups in total. The lowest BCUT2D eigenvalue weighted by Gasteiger charge is -2.44. The zero-order valence-electron chi connectivity index (χ0n) is 10.4. The molecule has 0 atom stereocenters. The topological polar surface area (TPSA) is 20.2 Å². The number of aliphatic hydroxyl groups is 1. The van der Waals surface area contributed by atoms with Gasteiger partial charge in [0, 0.05) is 6.61 Å². The minimum atomic E-state index is -2.83. The normalized spacial score (nSPS) is 14.6. The molecule has 0 radical (unpaired) electrons. The van der Waals surface area contributed by atoms with Gasteiger partial charge in [0.25, 0.3) is 8.41 Å². The van der Waals surface area contributed by atoms with Crippen LogP contribution in [0.2, 0.25) is 16.1 Å². The SMILES string of the molecule is CC(C)(C)[Si](F)(CCCO)C(C)(C)C. The highest BCUT2D eigenvalue weighted by Crippen LogP contribution is 2.54. The number of aliphatic hydroxyl groups excluding tert-OH is 1. The van der Waals surface area contributed by atoms with E-state index in [9.17, 15) is 0 Å². The molecule has 3 heteroatoms. The molecule has 0 aromatic rings. The Balaban J connectivity index is 4.87. The molecule has 0 fully saturated rings. The smallest absolute Gasteiger partial charge is 0.257 e. The maximum atomic E-state index is 15.0. The van der Waals surface area contributed by atoms with Crippen molar-refractivity contribution in [2.24, 2.45) is 0 Å². The van der Waals surface area contributed by atoms with Crippen LogP contribution in [0, 0.1) is 0 Å². The van der Waals surface area contributed by atoms with Gasteiger partial charge in [0.1, 0.15) is 0 Å². The first-order valence-corrected chi connectivity index (χ1v) is 7.44. The van der Waals surface area contributed by atoms with Crippen molar-refractivity contribution in [1.29, 1.82) is 0 Å². The highest BCUT2D eigenvalue weighted by atomic mass is 28.4. The van der Waals surface area contributed by atoms with Gasteiger partial charge in [0.05, 0.1) is 0 Å². The van der Waals surface area contributed by atoms with Gasteiger partial charge in [-0.15, -0.1) is 0 Å². The van der Waals surface area contributed by atoms with E-state index in [-0.39, 0.29) is 16.7 Å². The Morgan fingerprint density at radius 1 is 1.00 bits per heavy atom. The van der Waals surface area contributed by atoms with Gasteiger partial charge in [0.2, 0.25) is 0 Å². The maximum absolute atomic E-state index is 15.0. The van der Waals surface area contributed by atoms with Crippen LogP contribution < -0.4 is 0 Å². The molecule has 0 amide bonds. The molecule has 0 aliphatic carbocycles. The predicted octanol–water partition coefficient (Wildman–Crippen LogP) is 3.88. The molecule has 0 rings (SSSR count). The summed E-state index contributed by atoms with van der Waals surface area (Å²) in [5, 5.41) is 8.32. The largest absolute Gasteiger partial charge is 0.396 e. The molecule has 14 heavy (non-hydrogen) atoms. The highest BCUT2D eigenvalue weighted by Gasteiger charge is 2.54. The summed E-state index contributed by atoms with van der Waals surface area (Å²) in [4.78, 5) is 0. The fourth-order valence-corrected chi connectivity index (χ4v) is 6.59. The third kappa shape index (κ3) is 2.80. The Morgan fingerprint density at radius 3 is 1.57 bits per heavy atom. The fourth-order valence-electron chi connectivity index (χ4n) is 2.20. The summed E-state index contributed by atoms with van der Waals surface area (Å²) in [6.45, 7) is 12.0. The fraction of sp³-hybridized carbons (Fsp3) is 1.00. The number of halogens is 1. The molecule has 0 aliphatic rings. The van der Waals surface area contributed by atoms with Crippen molar-refractivity contribution in [2.45, 2.75) is 64.1 Å². The molecule has 0 aromatic heterocycles. The summed E-state index contributed by atoms with van der Waals surface area (Å²) < 4.78 is 15.0. The summed E-state index contributed by atoms with van der Waals surface area (Å²) >= 11 is 0. The summed E-state index contributed by atoms with van der Waals surface area (Å²) in [5.41, 5.74) is 0. The van der Waals surface area contributed by atoms with Crippen molar-refractivity contribution in [2.75, 3.05) is 6.61 Å². The number of hydrogen-bond donors (Lipinski definition) is 1. The van der Waals surface area contributed by atoms with E-state index in [0.29, 0.717) is 12.5 Å². The van der Waals surface area contributed by atoms with Crippen LogP contribution in [-0.4, -0.2) is 20.1 Å². The Hall–Kier alpha value is 0.107. The molecule has 0 saturated carbocycles. The minimum Gasteiger partial charge on any atom is -0.396 e. The lowest BCUT2D eigenvalue weighted by Crippen LogP contribution is -2.47. The van der Waals surface area contributed by atoms with E-state index in [0.717, 1.165) is 0 Å². The monoisotopic (exact) mass is 220 g/mol. The second-order valence-electron chi connectivity index (χ2n) is 6.13. The predicted molar refractivity (Wildman–Crippen MR) is 62.8 cm³/mol. The van der Waals surface area contributed by atoms with E-state index in [1.54, 1.807) is 0 Å². The van der Waals surface area contributed by atoms with E-state index in [4.69, 9.17) is 5.11 Å². The average Bonchev–Trinajstić information content (AvgIpc) is 1.95. The van der Waals surface area contributed by atoms with E-state index in [1.807, 2.05) is 41.5 Å². The Morgan fingerprint density at radius 2 is 1.36 bits per heavy atom. The van der Waals surface area contributed by atoms with Crippen molar-refractivity contribution in [3.8, 4) is 0 Å². The summed E-state index contributed by atoms with van der Waals surface area (Å²) in [6, 6.07) is 0.566. The van der Waals surface area contributed by atoms with Gasteiger partial charge in [0.15, 0.2) is 0 Å². The molecule has 0 heterocycles. The van der Waals surface area contributed by atoms with Gasteiger partial charge in [-0.25, -0.2) is 0 Å². The van der Waals surface area contributed by atoms with Crippen molar-refractivity contribution in [3.63, 3.8) is 0 Å². The lowest BCUT2D eigenvalue weighted by molar-refractivity contribution is 0.291. The summed E-state index contributed by atoms with van der Waals surface area (Å²) in [7, 11) is -2.83. The third-order valence-electron chi connectivity index (χ3n) is 3.06. The van der Waals surface area contributed by atoms with Gasteiger partial charge in [-0.2, -0.15) is 0 Å². The van der Waals surface area contributed by atoms with Crippen LogP contribution >= 0.6 is 0 Å². The first-order valence-electron chi connectivity index (χ1n) is 5.36. The van der Waals surface area contributed by atoms with Gasteiger partial charge in [-0.1, -0.05) is 41.5 Å². The van der Waals surface area contributed by atoms with Crippen molar-refractivity contribution in [3.05, 3.63) is 0 Å². The van der Waals surface area contributed by atoms with Crippen LogP contribution in [0.3, 0.4) is 0 Å². The first-order chi connectivity index (χ1) is 6.06. The van der Waals surface area contributed by atoms with Crippen molar-refractivity contribution in [1.82, 2.24) is 0 Å². The Kier molecular flexibility index (Phi) is 4.35. The molecular weight excluding hydrogens is 195 g/mol. The maximum Gasteiger partial charge on any atom is 0.257 e. The minimum absolute atomic E-state index is 0.102. The molecular formula is C11H25FOSi. The van der Waals surface area contributed by atoms with Gasteiger partial charge < -0.3 is 9.21 Å². The number of rotatable bonds is 3. The van der Waals surface area contributed by atoms with Gasteiger partial charge in [-0.05, 0) is 22.5 Å². The van der Waals surface area contributed by atoms with Crippen LogP contribution in [-0.2, 0) is 0 Å². The van der Waals surface area contributed by atoms with Gasteiger partial charge >= 0.3 is 0 Å². The Bertz CT molecular complexity index is 165. The molecule has 0 spiro atoms. The van der Waals surface area contributed by atoms with Crippen molar-refractivity contribution < 1.29 is 9.21 Å². The van der Waals surface area contributed by atoms with Crippen LogP contribution in [0.15, 0.2) is 0 Å². The molecule has 0 unspecified atom stereocenters. The molecule has 1 nitrogen and oxygen atoms in total. The zero-order valence-corrected chi connectivity index (χ0v) is 11.4. The van der Waals surface area contributed by atoms with E-state index in [1.165, 1.54) is 0 Å². The Labute approximate surface area is 88.9 Å². The number of hydrogen-bond acceptors (Lipinski definition) is 1. The molecule has 0 aromatic carbocycles. The van der Waals surface area contributed by atoms with Crippen LogP contribution in [0.4, 0.5) is 4.11 Å². The second kappa shape index (κ2) is 4.31. The van der Waals surface area contributed by atoms with E-state index < -0.39 is 8.41 Å². The first kappa shape index (κ1) is 14.1. The molecule has 0 saturated heterocycles. The van der Waals surface area contributed by atoms with Crippen molar-refractivity contribution >= 4 is 8.41 Å². The van der Waals surface area contributed by atoms with E-state index >= 15 is 4.11 Å². The summed E-state index contributed by atoms with van der Waals surface area (Å²) in [5.74, 6) is 0. The van der Waals surface area contributed by atoms with Gasteiger partial charge in [-0.3, -0.25) is 0 Å². The zero-order chi connectivity index (χ0) is 11.6. The average molecular weight is 220 g/mol. The second-order valence-corrected chi connectivity index (χ2v) is 11.2. The molecule has 0 bridgehead atoms. The van der Waals surface area contributed by atoms with Crippen LogP contribution in [0.5, 0.6) is 0 Å².